The normalized spacial score (nSPS) is 10.3. The van der Waals surface area contributed by atoms with Gasteiger partial charge in [0.05, 0.1) is 0 Å². The Labute approximate surface area is 122 Å². The summed E-state index contributed by atoms with van der Waals surface area (Å²) in [6, 6.07) is 13.8. The van der Waals surface area contributed by atoms with Gasteiger partial charge in [-0.1, -0.05) is 45.3 Å². The standard InChI is InChI=1S/C16H16BrNO/c1-11-7-12(2)9-14(8-11)16(19)18-10-13-3-5-15(17)6-4-13/h3-9H,10H2,1-2H3,(H,18,19). The Morgan fingerprint density at radius 3 is 2.21 bits per heavy atom. The van der Waals surface area contributed by atoms with E-state index in [0.29, 0.717) is 6.54 Å². The van der Waals surface area contributed by atoms with Crippen molar-refractivity contribution in [2.45, 2.75) is 20.4 Å². The fraction of sp³-hybridized carbons (Fsp3) is 0.188. The molecule has 3 heteroatoms. The van der Waals surface area contributed by atoms with Crippen LogP contribution in [0.1, 0.15) is 27.0 Å². The molecule has 19 heavy (non-hydrogen) atoms. The minimum absolute atomic E-state index is 0.0327. The summed E-state index contributed by atoms with van der Waals surface area (Å²) in [4.78, 5) is 12.1. The van der Waals surface area contributed by atoms with Gasteiger partial charge in [0.1, 0.15) is 0 Å². The van der Waals surface area contributed by atoms with Crippen molar-refractivity contribution in [3.8, 4) is 0 Å². The number of carbonyl (C=O) groups is 1. The second-order valence-corrected chi connectivity index (χ2v) is 5.60. The Morgan fingerprint density at radius 2 is 1.63 bits per heavy atom. The average Bonchev–Trinajstić information content (AvgIpc) is 2.36. The van der Waals surface area contributed by atoms with Gasteiger partial charge in [-0.05, 0) is 43.7 Å². The van der Waals surface area contributed by atoms with Crippen LogP contribution in [-0.2, 0) is 6.54 Å². The summed E-state index contributed by atoms with van der Waals surface area (Å²) >= 11 is 3.39. The molecule has 0 fully saturated rings. The van der Waals surface area contributed by atoms with Crippen LogP contribution in [0.3, 0.4) is 0 Å². The third-order valence-corrected chi connectivity index (χ3v) is 3.38. The van der Waals surface area contributed by atoms with E-state index < -0.39 is 0 Å². The van der Waals surface area contributed by atoms with Crippen LogP contribution in [0.4, 0.5) is 0 Å². The van der Waals surface area contributed by atoms with E-state index in [1.54, 1.807) is 0 Å². The summed E-state index contributed by atoms with van der Waals surface area (Å²) in [5.41, 5.74) is 4.01. The largest absolute Gasteiger partial charge is 0.348 e. The maximum absolute atomic E-state index is 12.1. The molecule has 0 aliphatic rings. The smallest absolute Gasteiger partial charge is 0.251 e. The first-order valence-electron chi connectivity index (χ1n) is 6.15. The summed E-state index contributed by atoms with van der Waals surface area (Å²) in [5, 5.41) is 2.93. The number of rotatable bonds is 3. The first-order chi connectivity index (χ1) is 9.04. The monoisotopic (exact) mass is 317 g/mol. The van der Waals surface area contributed by atoms with E-state index in [0.717, 1.165) is 26.7 Å². The molecule has 0 heterocycles. The Morgan fingerprint density at radius 1 is 1.05 bits per heavy atom. The molecule has 98 valence electrons. The van der Waals surface area contributed by atoms with E-state index in [1.165, 1.54) is 0 Å². The number of carbonyl (C=O) groups excluding carboxylic acids is 1. The lowest BCUT2D eigenvalue weighted by Gasteiger charge is -2.07. The van der Waals surface area contributed by atoms with E-state index in [9.17, 15) is 4.79 Å². The molecular weight excluding hydrogens is 302 g/mol. The highest BCUT2D eigenvalue weighted by Gasteiger charge is 2.06. The van der Waals surface area contributed by atoms with Crippen LogP contribution in [0, 0.1) is 13.8 Å². The molecule has 0 bridgehead atoms. The Bertz CT molecular complexity index is 570. The molecule has 0 spiro atoms. The van der Waals surface area contributed by atoms with Gasteiger partial charge in [0.15, 0.2) is 0 Å². The van der Waals surface area contributed by atoms with Gasteiger partial charge in [-0.2, -0.15) is 0 Å². The SMILES string of the molecule is Cc1cc(C)cc(C(=O)NCc2ccc(Br)cc2)c1. The van der Waals surface area contributed by atoms with Crippen molar-refractivity contribution >= 4 is 21.8 Å². The van der Waals surface area contributed by atoms with E-state index in [1.807, 2.05) is 50.2 Å². The number of hydrogen-bond donors (Lipinski definition) is 1. The molecule has 0 unspecified atom stereocenters. The van der Waals surface area contributed by atoms with E-state index >= 15 is 0 Å². The maximum atomic E-state index is 12.1. The molecule has 2 aromatic carbocycles. The zero-order valence-corrected chi connectivity index (χ0v) is 12.6. The van der Waals surface area contributed by atoms with E-state index in [2.05, 4.69) is 27.3 Å². The summed E-state index contributed by atoms with van der Waals surface area (Å²) in [7, 11) is 0. The van der Waals surface area contributed by atoms with Crippen LogP contribution in [-0.4, -0.2) is 5.91 Å². The lowest BCUT2D eigenvalue weighted by Crippen LogP contribution is -2.22. The Kier molecular flexibility index (Phi) is 4.38. The van der Waals surface area contributed by atoms with Gasteiger partial charge in [-0.25, -0.2) is 0 Å². The number of benzene rings is 2. The second kappa shape index (κ2) is 6.02. The summed E-state index contributed by atoms with van der Waals surface area (Å²) < 4.78 is 1.04. The summed E-state index contributed by atoms with van der Waals surface area (Å²) in [5.74, 6) is -0.0327. The van der Waals surface area contributed by atoms with Gasteiger partial charge in [-0.15, -0.1) is 0 Å². The fourth-order valence-corrected chi connectivity index (χ4v) is 2.26. The van der Waals surface area contributed by atoms with Crippen molar-refractivity contribution < 1.29 is 4.79 Å². The molecule has 2 rings (SSSR count). The second-order valence-electron chi connectivity index (χ2n) is 4.69. The predicted octanol–water partition coefficient (Wildman–Crippen LogP) is 4.00. The van der Waals surface area contributed by atoms with Crippen molar-refractivity contribution in [1.82, 2.24) is 5.32 Å². The van der Waals surface area contributed by atoms with Gasteiger partial charge < -0.3 is 5.32 Å². The summed E-state index contributed by atoms with van der Waals surface area (Å²) in [6.07, 6.45) is 0. The molecule has 0 saturated heterocycles. The number of amides is 1. The van der Waals surface area contributed by atoms with Gasteiger partial charge in [-0.3, -0.25) is 4.79 Å². The highest BCUT2D eigenvalue weighted by molar-refractivity contribution is 9.10. The van der Waals surface area contributed by atoms with E-state index in [4.69, 9.17) is 0 Å². The minimum Gasteiger partial charge on any atom is -0.348 e. The number of aryl methyl sites for hydroxylation is 2. The van der Waals surface area contributed by atoms with Crippen molar-refractivity contribution in [3.63, 3.8) is 0 Å². The van der Waals surface area contributed by atoms with Crippen molar-refractivity contribution in [2.24, 2.45) is 0 Å². The Balaban J connectivity index is 2.03. The zero-order chi connectivity index (χ0) is 13.8. The molecule has 0 aromatic heterocycles. The lowest BCUT2D eigenvalue weighted by atomic mass is 10.1. The van der Waals surface area contributed by atoms with Crippen LogP contribution in [0.2, 0.25) is 0 Å². The fourth-order valence-electron chi connectivity index (χ4n) is 1.99. The molecule has 0 atom stereocenters. The molecule has 1 amide bonds. The van der Waals surface area contributed by atoms with Crippen LogP contribution < -0.4 is 5.32 Å². The summed E-state index contributed by atoms with van der Waals surface area (Å²) in [6.45, 7) is 4.54. The molecule has 0 aliphatic carbocycles. The third-order valence-electron chi connectivity index (χ3n) is 2.85. The van der Waals surface area contributed by atoms with Gasteiger partial charge in [0.25, 0.3) is 5.91 Å². The van der Waals surface area contributed by atoms with Crippen LogP contribution in [0.15, 0.2) is 46.9 Å². The number of hydrogen-bond acceptors (Lipinski definition) is 1. The molecule has 0 radical (unpaired) electrons. The molecule has 0 saturated carbocycles. The van der Waals surface area contributed by atoms with Crippen LogP contribution in [0.5, 0.6) is 0 Å². The van der Waals surface area contributed by atoms with Gasteiger partial charge in [0.2, 0.25) is 0 Å². The molecule has 2 aromatic rings. The number of halogens is 1. The first kappa shape index (κ1) is 13.8. The minimum atomic E-state index is -0.0327. The van der Waals surface area contributed by atoms with Crippen LogP contribution in [0.25, 0.3) is 0 Å². The van der Waals surface area contributed by atoms with Crippen molar-refractivity contribution in [1.29, 1.82) is 0 Å². The molecule has 2 nitrogen and oxygen atoms in total. The van der Waals surface area contributed by atoms with Crippen molar-refractivity contribution in [2.75, 3.05) is 0 Å². The molecular formula is C16H16BrNO. The predicted molar refractivity (Wildman–Crippen MR) is 81.2 cm³/mol. The Hall–Kier alpha value is -1.61. The highest BCUT2D eigenvalue weighted by Crippen LogP contribution is 2.11. The van der Waals surface area contributed by atoms with Crippen LogP contribution >= 0.6 is 15.9 Å². The first-order valence-corrected chi connectivity index (χ1v) is 6.95. The van der Waals surface area contributed by atoms with Crippen molar-refractivity contribution in [3.05, 3.63) is 69.2 Å². The molecule has 0 aliphatic heterocycles. The maximum Gasteiger partial charge on any atom is 0.251 e. The highest BCUT2D eigenvalue weighted by atomic mass is 79.9. The van der Waals surface area contributed by atoms with Gasteiger partial charge >= 0.3 is 0 Å². The molecule has 1 N–H and O–H groups in total. The third kappa shape index (κ3) is 3.93. The average molecular weight is 318 g/mol. The zero-order valence-electron chi connectivity index (χ0n) is 11.0. The van der Waals surface area contributed by atoms with Gasteiger partial charge in [0, 0.05) is 16.6 Å². The number of nitrogens with one attached hydrogen (secondary N) is 1. The lowest BCUT2D eigenvalue weighted by molar-refractivity contribution is 0.0950. The topological polar surface area (TPSA) is 29.1 Å². The van der Waals surface area contributed by atoms with E-state index in [-0.39, 0.29) is 5.91 Å². The quantitative estimate of drug-likeness (QED) is 0.911.